The topological polar surface area (TPSA) is 52.6 Å². The standard InChI is InChI=1S/C14H18O4/c1-5-14(2,3)13(16)18-11-8-6-10(7-9-11)12(15)17-4/h6-9H,5H2,1-4H3. The molecular weight excluding hydrogens is 232 g/mol. The minimum absolute atomic E-state index is 0.282. The van der Waals surface area contributed by atoms with Crippen molar-refractivity contribution in [1.29, 1.82) is 0 Å². The number of methoxy groups -OCH3 is 1. The van der Waals surface area contributed by atoms with Gasteiger partial charge >= 0.3 is 11.9 Å². The highest BCUT2D eigenvalue weighted by Gasteiger charge is 2.27. The minimum atomic E-state index is -0.513. The number of esters is 2. The monoisotopic (exact) mass is 250 g/mol. The molecule has 0 saturated heterocycles. The Balaban J connectivity index is 2.76. The van der Waals surface area contributed by atoms with Crippen LogP contribution < -0.4 is 4.74 Å². The van der Waals surface area contributed by atoms with E-state index in [4.69, 9.17) is 4.74 Å². The lowest BCUT2D eigenvalue weighted by Crippen LogP contribution is -2.28. The summed E-state index contributed by atoms with van der Waals surface area (Å²) in [4.78, 5) is 23.0. The molecule has 0 fully saturated rings. The van der Waals surface area contributed by atoms with Gasteiger partial charge in [0.1, 0.15) is 5.75 Å². The molecule has 0 aliphatic heterocycles. The van der Waals surface area contributed by atoms with E-state index in [0.717, 1.165) is 0 Å². The van der Waals surface area contributed by atoms with E-state index in [9.17, 15) is 9.59 Å². The fourth-order valence-electron chi connectivity index (χ4n) is 1.17. The molecule has 0 N–H and O–H groups in total. The van der Waals surface area contributed by atoms with Crippen molar-refractivity contribution in [1.82, 2.24) is 0 Å². The molecule has 0 atom stereocenters. The summed E-state index contributed by atoms with van der Waals surface area (Å²) in [5.41, 5.74) is -0.0897. The number of benzene rings is 1. The van der Waals surface area contributed by atoms with Gasteiger partial charge in [0.15, 0.2) is 0 Å². The van der Waals surface area contributed by atoms with Gasteiger partial charge in [0.05, 0.1) is 18.1 Å². The SMILES string of the molecule is CCC(C)(C)C(=O)Oc1ccc(C(=O)OC)cc1. The van der Waals surface area contributed by atoms with E-state index in [0.29, 0.717) is 17.7 Å². The third kappa shape index (κ3) is 3.32. The number of hydrogen-bond acceptors (Lipinski definition) is 4. The first-order chi connectivity index (χ1) is 8.40. The first kappa shape index (κ1) is 14.2. The Labute approximate surface area is 107 Å². The first-order valence-electron chi connectivity index (χ1n) is 5.81. The predicted molar refractivity (Wildman–Crippen MR) is 67.5 cm³/mol. The quantitative estimate of drug-likeness (QED) is 0.609. The Bertz CT molecular complexity index is 432. The maximum Gasteiger partial charge on any atom is 0.337 e. The van der Waals surface area contributed by atoms with Gasteiger partial charge in [0, 0.05) is 0 Å². The molecule has 0 heterocycles. The Morgan fingerprint density at radius 3 is 2.17 bits per heavy atom. The van der Waals surface area contributed by atoms with E-state index in [-0.39, 0.29) is 5.97 Å². The van der Waals surface area contributed by atoms with Gasteiger partial charge in [-0.1, -0.05) is 6.92 Å². The van der Waals surface area contributed by atoms with Crippen molar-refractivity contribution in [2.75, 3.05) is 7.11 Å². The molecular formula is C14H18O4. The molecule has 18 heavy (non-hydrogen) atoms. The van der Waals surface area contributed by atoms with Gasteiger partial charge in [-0.3, -0.25) is 4.79 Å². The fourth-order valence-corrected chi connectivity index (χ4v) is 1.17. The number of rotatable bonds is 4. The number of carbonyl (C=O) groups excluding carboxylic acids is 2. The summed E-state index contributed by atoms with van der Waals surface area (Å²) in [6.45, 7) is 5.60. The van der Waals surface area contributed by atoms with E-state index in [1.807, 2.05) is 20.8 Å². The Morgan fingerprint density at radius 2 is 1.72 bits per heavy atom. The smallest absolute Gasteiger partial charge is 0.337 e. The van der Waals surface area contributed by atoms with E-state index in [1.54, 1.807) is 24.3 Å². The summed E-state index contributed by atoms with van der Waals surface area (Å²) < 4.78 is 9.83. The van der Waals surface area contributed by atoms with Crippen molar-refractivity contribution in [2.24, 2.45) is 5.41 Å². The normalized spacial score (nSPS) is 10.9. The summed E-state index contributed by atoms with van der Waals surface area (Å²) in [5.74, 6) is -0.272. The highest BCUT2D eigenvalue weighted by Crippen LogP contribution is 2.23. The second-order valence-corrected chi connectivity index (χ2v) is 4.64. The average Bonchev–Trinajstić information content (AvgIpc) is 2.38. The molecule has 4 heteroatoms. The van der Waals surface area contributed by atoms with Crippen molar-refractivity contribution in [3.8, 4) is 5.75 Å². The van der Waals surface area contributed by atoms with Crippen LogP contribution in [0.25, 0.3) is 0 Å². The van der Waals surface area contributed by atoms with Crippen LogP contribution in [0.5, 0.6) is 5.75 Å². The second-order valence-electron chi connectivity index (χ2n) is 4.64. The largest absolute Gasteiger partial charge is 0.465 e. The molecule has 0 saturated carbocycles. The van der Waals surface area contributed by atoms with Crippen LogP contribution in [0.15, 0.2) is 24.3 Å². The highest BCUT2D eigenvalue weighted by atomic mass is 16.5. The van der Waals surface area contributed by atoms with Crippen LogP contribution in [0.4, 0.5) is 0 Å². The lowest BCUT2D eigenvalue weighted by molar-refractivity contribution is -0.144. The Morgan fingerprint density at radius 1 is 1.17 bits per heavy atom. The minimum Gasteiger partial charge on any atom is -0.465 e. The predicted octanol–water partition coefficient (Wildman–Crippen LogP) is 2.81. The van der Waals surface area contributed by atoms with Crippen LogP contribution in [-0.2, 0) is 9.53 Å². The summed E-state index contributed by atoms with van der Waals surface area (Å²) in [6.07, 6.45) is 0.700. The summed E-state index contributed by atoms with van der Waals surface area (Å²) >= 11 is 0. The van der Waals surface area contributed by atoms with E-state index in [2.05, 4.69) is 4.74 Å². The van der Waals surface area contributed by atoms with E-state index in [1.165, 1.54) is 7.11 Å². The Kier molecular flexibility index (Phi) is 4.48. The number of carbonyl (C=O) groups is 2. The van der Waals surface area contributed by atoms with Gasteiger partial charge in [-0.15, -0.1) is 0 Å². The molecule has 0 bridgehead atoms. The third-order valence-corrected chi connectivity index (χ3v) is 2.92. The van der Waals surface area contributed by atoms with E-state index < -0.39 is 11.4 Å². The van der Waals surface area contributed by atoms with Gasteiger partial charge in [-0.2, -0.15) is 0 Å². The molecule has 1 rings (SSSR count). The summed E-state index contributed by atoms with van der Waals surface area (Å²) in [5, 5.41) is 0. The van der Waals surface area contributed by atoms with Gasteiger partial charge < -0.3 is 9.47 Å². The van der Waals surface area contributed by atoms with Gasteiger partial charge in [-0.05, 0) is 44.5 Å². The zero-order valence-corrected chi connectivity index (χ0v) is 11.1. The van der Waals surface area contributed by atoms with Gasteiger partial charge in [0.25, 0.3) is 0 Å². The highest BCUT2D eigenvalue weighted by molar-refractivity contribution is 5.89. The second kappa shape index (κ2) is 5.67. The van der Waals surface area contributed by atoms with Crippen molar-refractivity contribution >= 4 is 11.9 Å². The zero-order valence-electron chi connectivity index (χ0n) is 11.1. The van der Waals surface area contributed by atoms with Gasteiger partial charge in [0.2, 0.25) is 0 Å². The van der Waals surface area contributed by atoms with Crippen LogP contribution in [-0.4, -0.2) is 19.0 Å². The molecule has 1 aromatic rings. The maximum atomic E-state index is 11.8. The molecule has 98 valence electrons. The molecule has 0 aromatic heterocycles. The Hall–Kier alpha value is -1.84. The fraction of sp³-hybridized carbons (Fsp3) is 0.429. The van der Waals surface area contributed by atoms with Crippen LogP contribution in [0.1, 0.15) is 37.6 Å². The van der Waals surface area contributed by atoms with Crippen LogP contribution >= 0.6 is 0 Å². The molecule has 0 aliphatic rings. The molecule has 0 aliphatic carbocycles. The van der Waals surface area contributed by atoms with Crippen LogP contribution in [0, 0.1) is 5.41 Å². The third-order valence-electron chi connectivity index (χ3n) is 2.92. The molecule has 4 nitrogen and oxygen atoms in total. The molecule has 1 aromatic carbocycles. The maximum absolute atomic E-state index is 11.8. The van der Waals surface area contributed by atoms with Crippen molar-refractivity contribution < 1.29 is 19.1 Å². The van der Waals surface area contributed by atoms with Crippen molar-refractivity contribution in [3.05, 3.63) is 29.8 Å². The summed E-state index contributed by atoms with van der Waals surface area (Å²) in [6, 6.07) is 6.28. The molecule has 0 radical (unpaired) electrons. The number of hydrogen-bond donors (Lipinski definition) is 0. The molecule has 0 unspecified atom stereocenters. The first-order valence-corrected chi connectivity index (χ1v) is 5.81. The zero-order chi connectivity index (χ0) is 13.8. The van der Waals surface area contributed by atoms with E-state index >= 15 is 0 Å². The van der Waals surface area contributed by atoms with Crippen LogP contribution in [0.2, 0.25) is 0 Å². The molecule has 0 amide bonds. The van der Waals surface area contributed by atoms with Crippen molar-refractivity contribution in [3.63, 3.8) is 0 Å². The van der Waals surface area contributed by atoms with Gasteiger partial charge in [-0.25, -0.2) is 4.79 Å². The van der Waals surface area contributed by atoms with Crippen LogP contribution in [0.3, 0.4) is 0 Å². The summed E-state index contributed by atoms with van der Waals surface area (Å²) in [7, 11) is 1.32. The molecule has 0 spiro atoms. The number of ether oxygens (including phenoxy) is 2. The van der Waals surface area contributed by atoms with Crippen molar-refractivity contribution in [2.45, 2.75) is 27.2 Å². The lowest BCUT2D eigenvalue weighted by Gasteiger charge is -2.20. The lowest BCUT2D eigenvalue weighted by atomic mass is 9.91. The average molecular weight is 250 g/mol.